The standard InChI is InChI=1S/C12H17N3O4.C7H7NO2/c1-18-12-8-13-11(14(12)19-2)7-9-3-5-10(6-4-9)15(16)17;1-6-2-4-7(5-3-6)8(9)10/h3-6,11-13H,7-8H2,1-2H3;2-5H,1H3. The van der Waals surface area contributed by atoms with E-state index in [1.54, 1.807) is 43.5 Å². The van der Waals surface area contributed by atoms with Crippen molar-refractivity contribution in [1.29, 1.82) is 0 Å². The Hall–Kier alpha value is -2.92. The third kappa shape index (κ3) is 6.29. The van der Waals surface area contributed by atoms with Gasteiger partial charge in [0.05, 0.1) is 23.1 Å². The third-order valence-electron chi connectivity index (χ3n) is 4.42. The molecule has 29 heavy (non-hydrogen) atoms. The molecule has 10 heteroatoms. The zero-order valence-electron chi connectivity index (χ0n) is 16.5. The zero-order valence-corrected chi connectivity index (χ0v) is 16.5. The van der Waals surface area contributed by atoms with Crippen molar-refractivity contribution in [2.45, 2.75) is 25.7 Å². The van der Waals surface area contributed by atoms with Gasteiger partial charge in [-0.15, -0.1) is 5.06 Å². The molecule has 1 aliphatic heterocycles. The molecule has 0 bridgehead atoms. The first-order valence-electron chi connectivity index (χ1n) is 8.88. The molecule has 1 heterocycles. The van der Waals surface area contributed by atoms with Gasteiger partial charge >= 0.3 is 0 Å². The summed E-state index contributed by atoms with van der Waals surface area (Å²) in [6.07, 6.45) is 0.565. The van der Waals surface area contributed by atoms with E-state index in [0.717, 1.165) is 11.1 Å². The third-order valence-corrected chi connectivity index (χ3v) is 4.42. The highest BCUT2D eigenvalue weighted by atomic mass is 16.7. The van der Waals surface area contributed by atoms with E-state index >= 15 is 0 Å². The first-order valence-corrected chi connectivity index (χ1v) is 8.88. The highest BCUT2D eigenvalue weighted by Gasteiger charge is 2.33. The summed E-state index contributed by atoms with van der Waals surface area (Å²) >= 11 is 0. The lowest BCUT2D eigenvalue weighted by atomic mass is 10.1. The SMILES string of the molecule is COC1CNC(Cc2ccc([N+](=O)[O-])cc2)N1OC.Cc1ccc([N+](=O)[O-])cc1. The molecule has 1 fully saturated rings. The quantitative estimate of drug-likeness (QED) is 0.576. The molecule has 0 amide bonds. The lowest BCUT2D eigenvalue weighted by Crippen LogP contribution is -2.40. The molecule has 2 unspecified atom stereocenters. The number of rotatable bonds is 6. The molecule has 1 aliphatic rings. The van der Waals surface area contributed by atoms with Crippen LogP contribution in [0.3, 0.4) is 0 Å². The molecule has 2 aromatic carbocycles. The maximum atomic E-state index is 10.6. The number of methoxy groups -OCH3 is 1. The monoisotopic (exact) mass is 404 g/mol. The molecule has 156 valence electrons. The molecule has 0 aromatic heterocycles. The van der Waals surface area contributed by atoms with Gasteiger partial charge in [0, 0.05) is 44.3 Å². The topological polar surface area (TPSA) is 120 Å². The van der Waals surface area contributed by atoms with Crippen molar-refractivity contribution in [1.82, 2.24) is 10.4 Å². The molecule has 0 aliphatic carbocycles. The predicted molar refractivity (Wildman–Crippen MR) is 106 cm³/mol. The first-order chi connectivity index (χ1) is 13.8. The van der Waals surface area contributed by atoms with Crippen molar-refractivity contribution in [3.05, 3.63) is 79.9 Å². The van der Waals surface area contributed by atoms with Gasteiger partial charge in [-0.2, -0.15) is 0 Å². The van der Waals surface area contributed by atoms with Gasteiger partial charge < -0.3 is 4.74 Å². The Morgan fingerprint density at radius 1 is 1.00 bits per heavy atom. The van der Waals surface area contributed by atoms with Crippen molar-refractivity contribution >= 4 is 11.4 Å². The Labute approximate surface area is 168 Å². The summed E-state index contributed by atoms with van der Waals surface area (Å²) in [7, 11) is 3.23. The number of aryl methyl sites for hydroxylation is 1. The fraction of sp³-hybridized carbons (Fsp3) is 0.368. The van der Waals surface area contributed by atoms with Crippen LogP contribution in [0.1, 0.15) is 11.1 Å². The van der Waals surface area contributed by atoms with Crippen LogP contribution >= 0.6 is 0 Å². The van der Waals surface area contributed by atoms with Gasteiger partial charge in [-0.05, 0) is 12.5 Å². The molecular weight excluding hydrogens is 380 g/mol. The molecule has 1 saturated heterocycles. The van der Waals surface area contributed by atoms with E-state index in [-0.39, 0.29) is 23.8 Å². The molecule has 1 N–H and O–H groups in total. The van der Waals surface area contributed by atoms with Gasteiger partial charge in [0.1, 0.15) is 6.23 Å². The number of hydrogen-bond donors (Lipinski definition) is 1. The van der Waals surface area contributed by atoms with Crippen LogP contribution in [-0.4, -0.2) is 48.1 Å². The number of nitro benzene ring substituents is 2. The van der Waals surface area contributed by atoms with E-state index in [1.807, 2.05) is 6.92 Å². The number of benzene rings is 2. The van der Waals surface area contributed by atoms with Crippen molar-refractivity contribution in [2.75, 3.05) is 20.8 Å². The van der Waals surface area contributed by atoms with Crippen LogP contribution in [0.4, 0.5) is 11.4 Å². The smallest absolute Gasteiger partial charge is 0.269 e. The second-order valence-corrected chi connectivity index (χ2v) is 6.38. The van der Waals surface area contributed by atoms with E-state index in [1.165, 1.54) is 24.3 Å². The zero-order chi connectivity index (χ0) is 21.4. The van der Waals surface area contributed by atoms with Crippen LogP contribution in [0.5, 0.6) is 0 Å². The minimum Gasteiger partial charge on any atom is -0.363 e. The maximum absolute atomic E-state index is 10.6. The fourth-order valence-electron chi connectivity index (χ4n) is 2.86. The Bertz CT molecular complexity index is 812. The van der Waals surface area contributed by atoms with Gasteiger partial charge in [0.25, 0.3) is 11.4 Å². The minimum absolute atomic E-state index is 0.00333. The summed E-state index contributed by atoms with van der Waals surface area (Å²) in [6.45, 7) is 2.58. The molecule has 0 spiro atoms. The Morgan fingerprint density at radius 2 is 1.52 bits per heavy atom. The lowest BCUT2D eigenvalue weighted by molar-refractivity contribution is -0.385. The van der Waals surface area contributed by atoms with Gasteiger partial charge in [-0.3, -0.25) is 30.4 Å². The normalized spacial score (nSPS) is 18.7. The molecule has 0 radical (unpaired) electrons. The van der Waals surface area contributed by atoms with Gasteiger partial charge in [0.15, 0.2) is 0 Å². The van der Waals surface area contributed by atoms with Crippen molar-refractivity contribution in [2.24, 2.45) is 0 Å². The molecule has 0 saturated carbocycles. The van der Waals surface area contributed by atoms with Crippen molar-refractivity contribution < 1.29 is 19.4 Å². The van der Waals surface area contributed by atoms with E-state index in [9.17, 15) is 20.2 Å². The Balaban J connectivity index is 0.000000253. The summed E-state index contributed by atoms with van der Waals surface area (Å²) in [4.78, 5) is 25.2. The van der Waals surface area contributed by atoms with Gasteiger partial charge in [-0.25, -0.2) is 0 Å². The average molecular weight is 404 g/mol. The van der Waals surface area contributed by atoms with Crippen LogP contribution in [0.25, 0.3) is 0 Å². The number of hydroxylamine groups is 2. The first kappa shape index (κ1) is 22.4. The highest BCUT2D eigenvalue weighted by Crippen LogP contribution is 2.18. The van der Waals surface area contributed by atoms with E-state index < -0.39 is 9.85 Å². The van der Waals surface area contributed by atoms with E-state index in [4.69, 9.17) is 9.57 Å². The second kappa shape index (κ2) is 10.6. The fourth-order valence-corrected chi connectivity index (χ4v) is 2.86. The number of non-ortho nitro benzene ring substituents is 2. The molecular formula is C19H24N4O6. The summed E-state index contributed by atoms with van der Waals surface area (Å²) < 4.78 is 5.28. The molecule has 10 nitrogen and oxygen atoms in total. The molecule has 3 rings (SSSR count). The highest BCUT2D eigenvalue weighted by molar-refractivity contribution is 5.33. The largest absolute Gasteiger partial charge is 0.363 e. The van der Waals surface area contributed by atoms with Crippen LogP contribution in [0.2, 0.25) is 0 Å². The Kier molecular flexibility index (Phi) is 8.16. The molecule has 2 aromatic rings. The number of nitro groups is 2. The molecule has 2 atom stereocenters. The lowest BCUT2D eigenvalue weighted by Gasteiger charge is -2.25. The summed E-state index contributed by atoms with van der Waals surface area (Å²) in [6, 6.07) is 13.0. The maximum Gasteiger partial charge on any atom is 0.269 e. The van der Waals surface area contributed by atoms with E-state index in [2.05, 4.69) is 5.32 Å². The number of hydrogen-bond acceptors (Lipinski definition) is 8. The average Bonchev–Trinajstić information content (AvgIpc) is 3.10. The number of nitrogens with zero attached hydrogens (tertiary/aromatic N) is 3. The number of nitrogens with one attached hydrogen (secondary N) is 1. The van der Waals surface area contributed by atoms with Gasteiger partial charge in [0.2, 0.25) is 0 Å². The van der Waals surface area contributed by atoms with Crippen molar-refractivity contribution in [3.8, 4) is 0 Å². The Morgan fingerprint density at radius 3 is 1.97 bits per heavy atom. The summed E-state index contributed by atoms with van der Waals surface area (Å²) in [5.41, 5.74) is 2.28. The number of ether oxygens (including phenoxy) is 1. The predicted octanol–water partition coefficient (Wildman–Crippen LogP) is 2.81. The van der Waals surface area contributed by atoms with E-state index in [0.29, 0.717) is 13.0 Å². The van der Waals surface area contributed by atoms with Crippen LogP contribution in [0, 0.1) is 27.2 Å². The minimum atomic E-state index is -0.403. The van der Waals surface area contributed by atoms with Gasteiger partial charge in [-0.1, -0.05) is 29.8 Å². The summed E-state index contributed by atoms with van der Waals surface area (Å²) in [5.74, 6) is 0. The van der Waals surface area contributed by atoms with Crippen molar-refractivity contribution in [3.63, 3.8) is 0 Å². The second-order valence-electron chi connectivity index (χ2n) is 6.38. The van der Waals surface area contributed by atoms with Crippen LogP contribution < -0.4 is 5.32 Å². The van der Waals surface area contributed by atoms with Crippen LogP contribution in [-0.2, 0) is 16.0 Å². The summed E-state index contributed by atoms with van der Waals surface area (Å²) in [5, 5.41) is 25.7. The van der Waals surface area contributed by atoms with Crippen LogP contribution in [0.15, 0.2) is 48.5 Å².